The normalized spacial score (nSPS) is 17.5. The van der Waals surface area contributed by atoms with Crippen LogP contribution in [0.1, 0.15) is 30.4 Å². The van der Waals surface area contributed by atoms with Gasteiger partial charge in [0.05, 0.1) is 34.6 Å². The van der Waals surface area contributed by atoms with Crippen LogP contribution in [0.2, 0.25) is 10.0 Å². The summed E-state index contributed by atoms with van der Waals surface area (Å²) in [6.07, 6.45) is 4.99. The molecule has 2 fully saturated rings. The molecule has 2 saturated heterocycles. The number of methoxy groups -OCH3 is 1. The molecule has 48 heavy (non-hydrogen) atoms. The third-order valence-corrected chi connectivity index (χ3v) is 9.96. The summed E-state index contributed by atoms with van der Waals surface area (Å²) in [5.74, 6) is 0.626. The third kappa shape index (κ3) is 6.66. The van der Waals surface area contributed by atoms with Gasteiger partial charge in [0.2, 0.25) is 11.8 Å². The molecular weight excluding hydrogens is 647 g/mol. The lowest BCUT2D eigenvalue weighted by Gasteiger charge is -2.26. The van der Waals surface area contributed by atoms with Crippen LogP contribution >= 0.6 is 23.2 Å². The highest BCUT2D eigenvalue weighted by Crippen LogP contribution is 2.42. The van der Waals surface area contributed by atoms with Crippen molar-refractivity contribution in [1.29, 1.82) is 0 Å². The summed E-state index contributed by atoms with van der Waals surface area (Å²) >= 11 is 14.2. The highest BCUT2D eigenvalue weighted by atomic mass is 35.5. The number of pyridine rings is 2. The lowest BCUT2D eigenvalue weighted by molar-refractivity contribution is -0.119. The minimum atomic E-state index is 0.107. The van der Waals surface area contributed by atoms with Crippen LogP contribution in [-0.4, -0.2) is 59.4 Å². The standard InChI is InChI=1S/C37H38Cl2N6O3/c1-45-21-23(18-41-20-25-15-16-48-25)26-11-13-31(43-36(26)45)29-7-3-5-27(34(29)38)28-6-4-8-30(35(28)39)32-12-9-22(37(44-32)47-2)17-40-19-24-10-14-33(46)42-24/h3-9,11-13,21,24-25,40-41H,10,14-20H2,1-2H3,(H,42,46)/t24-,25+/m0/s1. The van der Waals surface area contributed by atoms with E-state index in [0.717, 1.165) is 77.1 Å². The lowest BCUT2D eigenvalue weighted by atomic mass is 9.98. The van der Waals surface area contributed by atoms with Crippen LogP contribution in [0.25, 0.3) is 44.7 Å². The number of fused-ring (bicyclic) bond motifs is 1. The number of rotatable bonds is 12. The average molecular weight is 686 g/mol. The van der Waals surface area contributed by atoms with Crippen molar-refractivity contribution >= 4 is 40.1 Å². The van der Waals surface area contributed by atoms with Gasteiger partial charge in [0.1, 0.15) is 5.65 Å². The number of halogens is 2. The Hall–Kier alpha value is -3.99. The second-order valence-corrected chi connectivity index (χ2v) is 13.1. The minimum Gasteiger partial charge on any atom is -0.481 e. The summed E-state index contributed by atoms with van der Waals surface area (Å²) in [5, 5.41) is 12.1. The monoisotopic (exact) mass is 684 g/mol. The Morgan fingerprint density at radius 3 is 2.17 bits per heavy atom. The van der Waals surface area contributed by atoms with E-state index in [-0.39, 0.29) is 11.9 Å². The van der Waals surface area contributed by atoms with Crippen molar-refractivity contribution in [2.75, 3.05) is 26.8 Å². The molecule has 0 spiro atoms. The number of nitrogens with zero attached hydrogens (tertiary/aromatic N) is 3. The molecule has 9 nitrogen and oxygen atoms in total. The topological polar surface area (TPSA) is 102 Å². The molecule has 2 aromatic carbocycles. The van der Waals surface area contributed by atoms with Crippen LogP contribution in [0.3, 0.4) is 0 Å². The van der Waals surface area contributed by atoms with E-state index in [9.17, 15) is 4.79 Å². The Balaban J connectivity index is 1.12. The molecule has 0 saturated carbocycles. The van der Waals surface area contributed by atoms with E-state index >= 15 is 0 Å². The van der Waals surface area contributed by atoms with Gasteiger partial charge in [-0.3, -0.25) is 4.79 Å². The van der Waals surface area contributed by atoms with Gasteiger partial charge in [-0.05, 0) is 36.6 Å². The maximum atomic E-state index is 11.5. The Morgan fingerprint density at radius 1 is 0.875 bits per heavy atom. The predicted octanol–water partition coefficient (Wildman–Crippen LogP) is 6.53. The van der Waals surface area contributed by atoms with Crippen LogP contribution in [0.5, 0.6) is 5.88 Å². The number of ether oxygens (including phenoxy) is 2. The number of aryl methyl sites for hydroxylation is 1. The fraction of sp³-hybridized carbons (Fsp3) is 0.324. The summed E-state index contributed by atoms with van der Waals surface area (Å²) in [6, 6.07) is 20.1. The quantitative estimate of drug-likeness (QED) is 0.137. The van der Waals surface area contributed by atoms with Gasteiger partial charge in [-0.15, -0.1) is 0 Å². The van der Waals surface area contributed by atoms with Crippen LogP contribution in [0.15, 0.2) is 66.9 Å². The van der Waals surface area contributed by atoms with Crippen LogP contribution < -0.4 is 20.7 Å². The largest absolute Gasteiger partial charge is 0.481 e. The highest BCUT2D eigenvalue weighted by molar-refractivity contribution is 6.39. The Labute approximate surface area is 290 Å². The number of amides is 1. The number of aromatic nitrogens is 3. The van der Waals surface area contributed by atoms with Gasteiger partial charge in [0.15, 0.2) is 0 Å². The van der Waals surface area contributed by atoms with Gasteiger partial charge >= 0.3 is 0 Å². The van der Waals surface area contributed by atoms with E-state index in [1.807, 2.05) is 61.6 Å². The number of carbonyl (C=O) groups excluding carboxylic acids is 1. The zero-order valence-corrected chi connectivity index (χ0v) is 28.5. The summed E-state index contributed by atoms with van der Waals surface area (Å²) < 4.78 is 13.3. The van der Waals surface area contributed by atoms with E-state index in [0.29, 0.717) is 47.2 Å². The molecule has 7 rings (SSSR count). The Bertz CT molecular complexity index is 1970. The van der Waals surface area contributed by atoms with Gasteiger partial charge in [-0.25, -0.2) is 9.97 Å². The molecule has 0 radical (unpaired) electrons. The molecule has 0 bridgehead atoms. The number of carbonyl (C=O) groups is 1. The van der Waals surface area contributed by atoms with Crippen molar-refractivity contribution in [3.63, 3.8) is 0 Å². The first-order valence-corrected chi connectivity index (χ1v) is 17.0. The third-order valence-electron chi connectivity index (χ3n) is 9.15. The van der Waals surface area contributed by atoms with Gasteiger partial charge < -0.3 is 30.0 Å². The smallest absolute Gasteiger partial charge is 0.220 e. The van der Waals surface area contributed by atoms with Crippen molar-refractivity contribution in [3.8, 4) is 39.5 Å². The number of hydrogen-bond acceptors (Lipinski definition) is 7. The van der Waals surface area contributed by atoms with Gasteiger partial charge in [0, 0.05) is 91.7 Å². The average Bonchev–Trinajstić information content (AvgIpc) is 3.64. The molecule has 3 aromatic heterocycles. The first-order chi connectivity index (χ1) is 23.4. The zero-order chi connectivity index (χ0) is 33.2. The van der Waals surface area contributed by atoms with Crippen molar-refractivity contribution in [3.05, 3.63) is 88.0 Å². The first kappa shape index (κ1) is 32.6. The Kier molecular flexibility index (Phi) is 9.66. The van der Waals surface area contributed by atoms with E-state index in [1.54, 1.807) is 7.11 Å². The van der Waals surface area contributed by atoms with Crippen LogP contribution in [0, 0.1) is 0 Å². The van der Waals surface area contributed by atoms with E-state index < -0.39 is 0 Å². The molecule has 248 valence electrons. The number of hydrogen-bond donors (Lipinski definition) is 3. The maximum Gasteiger partial charge on any atom is 0.220 e. The molecule has 0 unspecified atom stereocenters. The summed E-state index contributed by atoms with van der Waals surface area (Å²) in [5.41, 5.74) is 7.71. The van der Waals surface area contributed by atoms with Gasteiger partial charge in [-0.2, -0.15) is 0 Å². The number of nitrogens with one attached hydrogen (secondary N) is 3. The fourth-order valence-corrected chi connectivity index (χ4v) is 7.10. The van der Waals surface area contributed by atoms with E-state index in [4.69, 9.17) is 42.6 Å². The summed E-state index contributed by atoms with van der Waals surface area (Å²) in [4.78, 5) is 21.4. The first-order valence-electron chi connectivity index (χ1n) is 16.3. The van der Waals surface area contributed by atoms with E-state index in [2.05, 4.69) is 32.8 Å². The second-order valence-electron chi connectivity index (χ2n) is 12.4. The van der Waals surface area contributed by atoms with Crippen molar-refractivity contribution in [2.45, 2.75) is 44.5 Å². The van der Waals surface area contributed by atoms with Crippen LogP contribution in [0.4, 0.5) is 0 Å². The van der Waals surface area contributed by atoms with Gasteiger partial charge in [0.25, 0.3) is 0 Å². The van der Waals surface area contributed by atoms with Crippen molar-refractivity contribution in [1.82, 2.24) is 30.5 Å². The molecule has 11 heteroatoms. The van der Waals surface area contributed by atoms with Gasteiger partial charge in [-0.1, -0.05) is 65.7 Å². The molecule has 2 atom stereocenters. The van der Waals surface area contributed by atoms with Crippen molar-refractivity contribution < 1.29 is 14.3 Å². The molecule has 2 aliphatic rings. The molecule has 2 aliphatic heterocycles. The second kappa shape index (κ2) is 14.2. The minimum absolute atomic E-state index is 0.107. The van der Waals surface area contributed by atoms with Crippen LogP contribution in [-0.2, 0) is 29.7 Å². The lowest BCUT2D eigenvalue weighted by Crippen LogP contribution is -2.36. The zero-order valence-electron chi connectivity index (χ0n) is 27.0. The highest BCUT2D eigenvalue weighted by Gasteiger charge is 2.22. The Morgan fingerprint density at radius 2 is 1.52 bits per heavy atom. The van der Waals surface area contributed by atoms with E-state index in [1.165, 1.54) is 5.56 Å². The predicted molar refractivity (Wildman–Crippen MR) is 190 cm³/mol. The number of benzene rings is 2. The molecular formula is C37H38Cl2N6O3. The van der Waals surface area contributed by atoms with Crippen molar-refractivity contribution in [2.24, 2.45) is 7.05 Å². The molecule has 0 aliphatic carbocycles. The summed E-state index contributed by atoms with van der Waals surface area (Å²) in [7, 11) is 3.63. The molecule has 5 heterocycles. The SMILES string of the molecule is COc1nc(-c2cccc(-c3cccc(-c4ccc5c(CNC[C@H]6CCO6)cn(C)c5n4)c3Cl)c2Cl)ccc1CNC[C@@H]1CCC(=O)N1. The molecule has 5 aromatic rings. The summed E-state index contributed by atoms with van der Waals surface area (Å²) in [6.45, 7) is 3.72. The molecule has 3 N–H and O–H groups in total. The molecule has 1 amide bonds. The maximum absolute atomic E-state index is 11.5. The fourth-order valence-electron chi connectivity index (χ4n) is 6.45.